The number of nitrogens with one attached hydrogen (secondary N) is 2. The molecule has 0 heterocycles. The molecular weight excluding hydrogens is 246 g/mol. The lowest BCUT2D eigenvalue weighted by Gasteiger charge is -2.08. The number of amides is 1. The van der Waals surface area contributed by atoms with Crippen molar-refractivity contribution in [3.8, 4) is 0 Å². The number of nitro groups is 1. The molecule has 0 radical (unpaired) electrons. The molecule has 0 saturated heterocycles. The van der Waals surface area contributed by atoms with Gasteiger partial charge in [-0.05, 0) is 24.5 Å². The molecule has 1 aromatic carbocycles. The first-order chi connectivity index (χ1) is 9.08. The van der Waals surface area contributed by atoms with E-state index in [1.807, 2.05) is 0 Å². The van der Waals surface area contributed by atoms with Gasteiger partial charge in [0, 0.05) is 13.1 Å². The Morgan fingerprint density at radius 1 is 1.53 bits per heavy atom. The number of hydrogen-bond donors (Lipinski definition) is 2. The fourth-order valence-electron chi connectivity index (χ4n) is 2.25. The molecule has 2 rings (SSSR count). The molecule has 6 nitrogen and oxygen atoms in total. The molecule has 1 aromatic rings. The van der Waals surface area contributed by atoms with Crippen LogP contribution in [0.4, 0.5) is 11.4 Å². The average Bonchev–Trinajstić information content (AvgIpc) is 3.15. The molecule has 2 atom stereocenters. The zero-order chi connectivity index (χ0) is 14.0. The van der Waals surface area contributed by atoms with E-state index in [1.165, 1.54) is 6.07 Å². The van der Waals surface area contributed by atoms with Crippen LogP contribution >= 0.6 is 0 Å². The van der Waals surface area contributed by atoms with Gasteiger partial charge in [0.25, 0.3) is 5.91 Å². The summed E-state index contributed by atoms with van der Waals surface area (Å²) < 4.78 is 0. The molecule has 0 aromatic heterocycles. The van der Waals surface area contributed by atoms with Crippen LogP contribution in [0.25, 0.3) is 0 Å². The molecule has 0 bridgehead atoms. The van der Waals surface area contributed by atoms with Gasteiger partial charge in [0.05, 0.1) is 4.92 Å². The molecule has 102 valence electrons. The number of rotatable bonds is 5. The van der Waals surface area contributed by atoms with Crippen LogP contribution in [0.1, 0.15) is 30.1 Å². The number of benzene rings is 1. The summed E-state index contributed by atoms with van der Waals surface area (Å²) in [4.78, 5) is 22.7. The lowest BCUT2D eigenvalue weighted by atomic mass is 10.1. The second-order valence-corrected chi connectivity index (χ2v) is 4.69. The number of hydrogen-bond acceptors (Lipinski definition) is 4. The SMILES string of the molecule is CCC1CC1NC(=O)c1cccc(NC)c1[N+](=O)[O-]. The van der Waals surface area contributed by atoms with Crippen molar-refractivity contribution in [3.05, 3.63) is 33.9 Å². The first-order valence-electron chi connectivity index (χ1n) is 6.34. The molecule has 1 aliphatic rings. The molecule has 6 heteroatoms. The number of nitrogens with zero attached hydrogens (tertiary/aromatic N) is 1. The van der Waals surface area contributed by atoms with Crippen LogP contribution in [-0.2, 0) is 0 Å². The van der Waals surface area contributed by atoms with Gasteiger partial charge in [0.1, 0.15) is 11.3 Å². The monoisotopic (exact) mass is 263 g/mol. The third kappa shape index (κ3) is 2.67. The van der Waals surface area contributed by atoms with E-state index in [9.17, 15) is 14.9 Å². The van der Waals surface area contributed by atoms with Crippen LogP contribution in [0.5, 0.6) is 0 Å². The smallest absolute Gasteiger partial charge is 0.305 e. The van der Waals surface area contributed by atoms with E-state index in [4.69, 9.17) is 0 Å². The Morgan fingerprint density at radius 2 is 2.26 bits per heavy atom. The quantitative estimate of drug-likeness (QED) is 0.629. The Morgan fingerprint density at radius 3 is 2.79 bits per heavy atom. The van der Waals surface area contributed by atoms with Crippen molar-refractivity contribution in [1.29, 1.82) is 0 Å². The third-order valence-electron chi connectivity index (χ3n) is 3.50. The summed E-state index contributed by atoms with van der Waals surface area (Å²) in [5, 5.41) is 16.7. The van der Waals surface area contributed by atoms with Crippen molar-refractivity contribution < 1.29 is 9.72 Å². The van der Waals surface area contributed by atoms with E-state index < -0.39 is 4.92 Å². The van der Waals surface area contributed by atoms with Crippen LogP contribution in [0.15, 0.2) is 18.2 Å². The predicted molar refractivity (Wildman–Crippen MR) is 72.3 cm³/mol. The maximum Gasteiger partial charge on any atom is 0.305 e. The van der Waals surface area contributed by atoms with E-state index in [0.29, 0.717) is 11.6 Å². The zero-order valence-electron chi connectivity index (χ0n) is 11.0. The zero-order valence-corrected chi connectivity index (χ0v) is 11.0. The maximum absolute atomic E-state index is 12.1. The summed E-state index contributed by atoms with van der Waals surface area (Å²) in [6.45, 7) is 2.07. The van der Waals surface area contributed by atoms with Gasteiger partial charge in [-0.2, -0.15) is 0 Å². The molecule has 19 heavy (non-hydrogen) atoms. The number of carbonyl (C=O) groups is 1. The van der Waals surface area contributed by atoms with Crippen molar-refractivity contribution in [2.45, 2.75) is 25.8 Å². The lowest BCUT2D eigenvalue weighted by Crippen LogP contribution is -2.27. The van der Waals surface area contributed by atoms with E-state index in [1.54, 1.807) is 19.2 Å². The van der Waals surface area contributed by atoms with Gasteiger partial charge < -0.3 is 10.6 Å². The standard InChI is InChI=1S/C13H17N3O3/c1-3-8-7-11(8)15-13(17)9-5-4-6-10(14-2)12(9)16(18)19/h4-6,8,11,14H,3,7H2,1-2H3,(H,15,17). The van der Waals surface area contributed by atoms with Crippen LogP contribution in [-0.4, -0.2) is 23.9 Å². The van der Waals surface area contributed by atoms with Crippen LogP contribution in [0.3, 0.4) is 0 Å². The summed E-state index contributed by atoms with van der Waals surface area (Å²) in [6.07, 6.45) is 1.98. The summed E-state index contributed by atoms with van der Waals surface area (Å²) in [5.41, 5.74) is 0.287. The number of para-hydroxylation sites is 1. The van der Waals surface area contributed by atoms with Crippen molar-refractivity contribution in [1.82, 2.24) is 5.32 Å². The van der Waals surface area contributed by atoms with Crippen molar-refractivity contribution in [3.63, 3.8) is 0 Å². The minimum Gasteiger partial charge on any atom is -0.383 e. The summed E-state index contributed by atoms with van der Waals surface area (Å²) in [7, 11) is 1.60. The van der Waals surface area contributed by atoms with Gasteiger partial charge in [-0.1, -0.05) is 19.4 Å². The average molecular weight is 263 g/mol. The fourth-order valence-corrected chi connectivity index (χ4v) is 2.25. The Bertz CT molecular complexity index is 516. The molecule has 0 spiro atoms. The normalized spacial score (nSPS) is 20.7. The first-order valence-corrected chi connectivity index (χ1v) is 6.34. The molecule has 2 N–H and O–H groups in total. The predicted octanol–water partition coefficient (Wildman–Crippen LogP) is 2.16. The van der Waals surface area contributed by atoms with Gasteiger partial charge in [0.2, 0.25) is 0 Å². The molecule has 1 aliphatic carbocycles. The molecule has 1 saturated carbocycles. The van der Waals surface area contributed by atoms with Crippen LogP contribution in [0.2, 0.25) is 0 Å². The highest BCUT2D eigenvalue weighted by molar-refractivity contribution is 6.00. The second kappa shape index (κ2) is 5.26. The summed E-state index contributed by atoms with van der Waals surface area (Å²) in [6, 6.07) is 4.87. The van der Waals surface area contributed by atoms with E-state index in [-0.39, 0.29) is 23.2 Å². The highest BCUT2D eigenvalue weighted by Crippen LogP contribution is 2.34. The Kier molecular flexibility index (Phi) is 3.69. The Balaban J connectivity index is 2.24. The number of anilines is 1. The van der Waals surface area contributed by atoms with Crippen LogP contribution < -0.4 is 10.6 Å². The molecule has 2 unspecified atom stereocenters. The topological polar surface area (TPSA) is 84.3 Å². The van der Waals surface area contributed by atoms with Crippen molar-refractivity contribution >= 4 is 17.3 Å². The molecule has 0 aliphatic heterocycles. The largest absolute Gasteiger partial charge is 0.383 e. The van der Waals surface area contributed by atoms with Gasteiger partial charge in [0.15, 0.2) is 0 Å². The van der Waals surface area contributed by atoms with Gasteiger partial charge in [-0.25, -0.2) is 0 Å². The first kappa shape index (κ1) is 13.3. The Labute approximate surface area is 111 Å². The summed E-state index contributed by atoms with van der Waals surface area (Å²) >= 11 is 0. The van der Waals surface area contributed by atoms with Crippen molar-refractivity contribution in [2.24, 2.45) is 5.92 Å². The van der Waals surface area contributed by atoms with Crippen molar-refractivity contribution in [2.75, 3.05) is 12.4 Å². The van der Waals surface area contributed by atoms with E-state index in [2.05, 4.69) is 17.6 Å². The Hall–Kier alpha value is -2.11. The van der Waals surface area contributed by atoms with Crippen LogP contribution in [0, 0.1) is 16.0 Å². The third-order valence-corrected chi connectivity index (χ3v) is 3.50. The summed E-state index contributed by atoms with van der Waals surface area (Å²) in [5.74, 6) is 0.139. The number of nitro benzene ring substituents is 1. The lowest BCUT2D eigenvalue weighted by molar-refractivity contribution is -0.384. The van der Waals surface area contributed by atoms with E-state index >= 15 is 0 Å². The minimum absolute atomic E-state index is 0.110. The number of carbonyl (C=O) groups excluding carboxylic acids is 1. The fraction of sp³-hybridized carbons (Fsp3) is 0.462. The maximum atomic E-state index is 12.1. The highest BCUT2D eigenvalue weighted by Gasteiger charge is 2.37. The van der Waals surface area contributed by atoms with E-state index in [0.717, 1.165) is 12.8 Å². The van der Waals surface area contributed by atoms with Gasteiger partial charge in [-0.15, -0.1) is 0 Å². The molecular formula is C13H17N3O3. The molecule has 1 amide bonds. The highest BCUT2D eigenvalue weighted by atomic mass is 16.6. The van der Waals surface area contributed by atoms with Gasteiger partial charge in [-0.3, -0.25) is 14.9 Å². The minimum atomic E-state index is -0.523. The molecule has 1 fully saturated rings. The van der Waals surface area contributed by atoms with Gasteiger partial charge >= 0.3 is 5.69 Å². The second-order valence-electron chi connectivity index (χ2n) is 4.69.